The molecule has 0 aliphatic heterocycles. The summed E-state index contributed by atoms with van der Waals surface area (Å²) in [7, 11) is 0. The summed E-state index contributed by atoms with van der Waals surface area (Å²) in [6, 6.07) is 98.2. The Hall–Kier alpha value is -11.5. The fraction of sp³-hybridized carbons (Fsp3) is 0. The molecule has 6 nitrogen and oxygen atoms in total. The Morgan fingerprint density at radius 3 is 1.33 bits per heavy atom. The van der Waals surface area contributed by atoms with Crippen molar-refractivity contribution in [2.45, 2.75) is 0 Å². The molecule has 0 saturated heterocycles. The predicted molar refractivity (Wildman–Crippen MR) is 356 cm³/mol. The van der Waals surface area contributed by atoms with E-state index >= 15 is 0 Å². The molecule has 0 unspecified atom stereocenters. The SMILES string of the molecule is [C-]#[N+]c1c(-n2c3ccccc3c3ccccc32)c(C#N)c(-n2c3ccccc3c3ccccc32)c(-n2c3ccc(-c4ccccc4-c4cccc5ccccc45)cc3c3ccc4c5ccccc5sc4c32)c1-n1c2ccccc2c2ccccc21. The molecule has 392 valence electrons. The molecule has 0 saturated carbocycles. The molecule has 13 aromatic carbocycles. The van der Waals surface area contributed by atoms with Gasteiger partial charge >= 0.3 is 0 Å². The number of nitriles is 1. The van der Waals surface area contributed by atoms with E-state index in [1.807, 2.05) is 0 Å². The second kappa shape index (κ2) is 18.0. The van der Waals surface area contributed by atoms with Crippen LogP contribution in [0.3, 0.4) is 0 Å². The molecule has 0 aliphatic carbocycles. The van der Waals surface area contributed by atoms with Crippen LogP contribution in [0.15, 0.2) is 267 Å². The summed E-state index contributed by atoms with van der Waals surface area (Å²) >= 11 is 1.79. The molecule has 7 heteroatoms. The fourth-order valence-electron chi connectivity index (χ4n) is 14.4. The first kappa shape index (κ1) is 47.2. The minimum absolute atomic E-state index is 0.355. The van der Waals surface area contributed by atoms with E-state index in [-0.39, 0.29) is 0 Å². The lowest BCUT2D eigenvalue weighted by atomic mass is 9.91. The normalized spacial score (nSPS) is 12.0. The number of rotatable bonds is 6. The van der Waals surface area contributed by atoms with Gasteiger partial charge in [-0.05, 0) is 87.6 Å². The number of nitrogens with zero attached hydrogens (tertiary/aromatic N) is 6. The zero-order valence-corrected chi connectivity index (χ0v) is 46.3. The van der Waals surface area contributed by atoms with Gasteiger partial charge in [0.2, 0.25) is 5.69 Å². The highest BCUT2D eigenvalue weighted by molar-refractivity contribution is 7.26. The molecule has 0 bridgehead atoms. The summed E-state index contributed by atoms with van der Waals surface area (Å²) in [5.74, 6) is 0. The summed E-state index contributed by atoms with van der Waals surface area (Å²) < 4.78 is 11.6. The molecule has 5 heterocycles. The van der Waals surface area contributed by atoms with E-state index < -0.39 is 0 Å². The van der Waals surface area contributed by atoms with Crippen molar-refractivity contribution in [3.63, 3.8) is 0 Å². The number of fused-ring (bicyclic) bond motifs is 17. The molecule has 85 heavy (non-hydrogen) atoms. The van der Waals surface area contributed by atoms with E-state index in [1.54, 1.807) is 11.3 Å². The minimum atomic E-state index is 0.355. The van der Waals surface area contributed by atoms with Crippen molar-refractivity contribution < 1.29 is 0 Å². The van der Waals surface area contributed by atoms with Crippen LogP contribution in [0.4, 0.5) is 5.69 Å². The van der Waals surface area contributed by atoms with Crippen molar-refractivity contribution in [1.82, 2.24) is 18.3 Å². The van der Waals surface area contributed by atoms with Gasteiger partial charge in [0.05, 0.1) is 83.7 Å². The van der Waals surface area contributed by atoms with Gasteiger partial charge < -0.3 is 18.3 Å². The van der Waals surface area contributed by atoms with E-state index in [9.17, 15) is 11.8 Å². The molecule has 18 aromatic rings. The first-order valence-electron chi connectivity index (χ1n) is 28.6. The van der Waals surface area contributed by atoms with Gasteiger partial charge in [-0.15, -0.1) is 11.3 Å². The van der Waals surface area contributed by atoms with Crippen LogP contribution in [0.1, 0.15) is 5.56 Å². The van der Waals surface area contributed by atoms with Crippen molar-refractivity contribution >= 4 is 135 Å². The van der Waals surface area contributed by atoms with Crippen molar-refractivity contribution in [2.75, 3.05) is 0 Å². The van der Waals surface area contributed by atoms with Gasteiger partial charge in [0.25, 0.3) is 0 Å². The van der Waals surface area contributed by atoms with Crippen LogP contribution in [-0.2, 0) is 0 Å². The quantitative estimate of drug-likeness (QED) is 0.153. The van der Waals surface area contributed by atoms with E-state index in [2.05, 4.69) is 291 Å². The monoisotopic (exact) mass is 1100 g/mol. The smallest absolute Gasteiger partial charge is 0.237 e. The van der Waals surface area contributed by atoms with Crippen LogP contribution in [0, 0.1) is 17.9 Å². The Morgan fingerprint density at radius 2 is 0.765 bits per heavy atom. The van der Waals surface area contributed by atoms with E-state index in [0.29, 0.717) is 28.3 Å². The highest BCUT2D eigenvalue weighted by atomic mass is 32.1. The van der Waals surface area contributed by atoms with Crippen LogP contribution < -0.4 is 0 Å². The lowest BCUT2D eigenvalue weighted by Gasteiger charge is -2.27. The van der Waals surface area contributed by atoms with E-state index in [0.717, 1.165) is 120 Å². The Balaban J connectivity index is 1.11. The van der Waals surface area contributed by atoms with Gasteiger partial charge in [0.1, 0.15) is 6.07 Å². The summed E-state index contributed by atoms with van der Waals surface area (Å²) in [5.41, 5.74) is 15.4. The molecular weight excluding hydrogens is 1050 g/mol. The molecule has 0 spiro atoms. The number of para-hydroxylation sites is 6. The molecule has 0 fully saturated rings. The van der Waals surface area contributed by atoms with Gasteiger partial charge in [0.15, 0.2) is 0 Å². The Labute approximate surface area is 490 Å². The van der Waals surface area contributed by atoms with E-state index in [4.69, 9.17) is 4.85 Å². The number of aromatic nitrogens is 4. The van der Waals surface area contributed by atoms with E-state index in [1.165, 1.54) is 26.4 Å². The topological polar surface area (TPSA) is 47.9 Å². The third kappa shape index (κ3) is 6.50. The van der Waals surface area contributed by atoms with Crippen LogP contribution in [0.25, 0.3) is 168 Å². The van der Waals surface area contributed by atoms with Crippen molar-refractivity contribution in [2.24, 2.45) is 0 Å². The Bertz CT molecular complexity index is 5710. The molecule has 0 radical (unpaired) electrons. The second-order valence-electron chi connectivity index (χ2n) is 22.0. The maximum atomic E-state index is 12.7. The number of hydrogen-bond donors (Lipinski definition) is 0. The lowest BCUT2D eigenvalue weighted by molar-refractivity contribution is 1.03. The van der Waals surface area contributed by atoms with Crippen molar-refractivity contribution in [3.05, 3.63) is 284 Å². The maximum absolute atomic E-state index is 12.7. The largest absolute Gasteiger partial charge is 0.318 e. The third-order valence-electron chi connectivity index (χ3n) is 17.8. The first-order valence-corrected chi connectivity index (χ1v) is 29.4. The highest BCUT2D eigenvalue weighted by Gasteiger charge is 2.35. The van der Waals surface area contributed by atoms with Crippen LogP contribution in [0.5, 0.6) is 0 Å². The van der Waals surface area contributed by atoms with Gasteiger partial charge in [-0.1, -0.05) is 212 Å². The molecular formula is C78H44N6S. The van der Waals surface area contributed by atoms with Crippen molar-refractivity contribution in [1.29, 1.82) is 5.26 Å². The average molecular weight is 1100 g/mol. The van der Waals surface area contributed by atoms with Gasteiger partial charge in [-0.2, -0.15) is 5.26 Å². The fourth-order valence-corrected chi connectivity index (χ4v) is 15.6. The lowest BCUT2D eigenvalue weighted by Crippen LogP contribution is -2.14. The van der Waals surface area contributed by atoms with Gasteiger partial charge in [-0.3, -0.25) is 0 Å². The molecule has 0 atom stereocenters. The number of hydrogen-bond acceptors (Lipinski definition) is 2. The summed E-state index contributed by atoms with van der Waals surface area (Å²) in [6.45, 7) is 9.93. The first-order chi connectivity index (χ1) is 42.2. The highest BCUT2D eigenvalue weighted by Crippen LogP contribution is 2.54. The molecule has 0 N–H and O–H groups in total. The third-order valence-corrected chi connectivity index (χ3v) is 19.0. The van der Waals surface area contributed by atoms with Crippen LogP contribution >= 0.6 is 11.3 Å². The summed E-state index contributed by atoms with van der Waals surface area (Å²) in [4.78, 5) is 4.84. The average Bonchev–Trinajstić information content (AvgIpc) is 1.77. The molecule has 18 rings (SSSR count). The van der Waals surface area contributed by atoms with Gasteiger partial charge in [-0.25, -0.2) is 4.85 Å². The Morgan fingerprint density at radius 1 is 0.329 bits per heavy atom. The standard InChI is InChI=1S/C78H44N6S/c1-80-72-73(81-64-34-13-6-26-53(64)54-27-7-14-35-65(54)81)63(46-79)74(82-66-36-15-8-28-55(66)56-29-9-16-37-67(56)82)77(76(72)83-68-38-17-10-30-57(68)58-31-11-18-39-69(58)83)84-70-44-41-48(50-24-4-5-25-51(50)52-33-20-22-47-21-2-3-23-49(47)52)45-62(70)60-42-43-61-59-32-12-19-40-71(59)85-78(61)75(60)84/h2-45H. The molecule has 0 aliphatic rings. The summed E-state index contributed by atoms with van der Waals surface area (Å²) in [6.07, 6.45) is 0. The zero-order chi connectivity index (χ0) is 56.0. The second-order valence-corrected chi connectivity index (χ2v) is 23.1. The minimum Gasteiger partial charge on any atom is -0.318 e. The van der Waals surface area contributed by atoms with Gasteiger partial charge in [0, 0.05) is 58.6 Å². The molecule has 5 aromatic heterocycles. The summed E-state index contributed by atoms with van der Waals surface area (Å²) in [5, 5.41) is 25.9. The van der Waals surface area contributed by atoms with Crippen molar-refractivity contribution in [3.8, 4) is 51.1 Å². The van der Waals surface area contributed by atoms with Crippen LogP contribution in [0.2, 0.25) is 0 Å². The Kier molecular flexibility index (Phi) is 10.00. The number of thiophene rings is 1. The molecule has 0 amide bonds. The zero-order valence-electron chi connectivity index (χ0n) is 45.5. The predicted octanol–water partition coefficient (Wildman–Crippen LogP) is 21.4. The van der Waals surface area contributed by atoms with Crippen LogP contribution in [-0.4, -0.2) is 18.3 Å². The maximum Gasteiger partial charge on any atom is 0.237 e. The number of benzene rings is 13.